The van der Waals surface area contributed by atoms with Gasteiger partial charge in [-0.15, -0.1) is 0 Å². The van der Waals surface area contributed by atoms with Gasteiger partial charge in [-0.3, -0.25) is 4.79 Å². The van der Waals surface area contributed by atoms with Crippen molar-refractivity contribution >= 4 is 17.9 Å². The van der Waals surface area contributed by atoms with Crippen LogP contribution in [0.5, 0.6) is 0 Å². The molecule has 1 aromatic rings. The summed E-state index contributed by atoms with van der Waals surface area (Å²) in [5, 5.41) is 0.565. The van der Waals surface area contributed by atoms with Crippen LogP contribution in [-0.2, 0) is 4.79 Å². The van der Waals surface area contributed by atoms with Gasteiger partial charge in [-0.05, 0) is 24.0 Å². The highest BCUT2D eigenvalue weighted by molar-refractivity contribution is 6.30. The molecule has 0 radical (unpaired) electrons. The predicted molar refractivity (Wildman–Crippen MR) is 42.2 cm³/mol. The van der Waals surface area contributed by atoms with E-state index in [1.807, 2.05) is 0 Å². The molecule has 0 aromatic carbocycles. The maximum atomic E-state index is 9.83. The number of carbonyl (C=O) groups excluding carboxylic acids is 1. The van der Waals surface area contributed by atoms with Gasteiger partial charge in [0.05, 0.1) is 0 Å². The number of aromatic nitrogens is 1. The second-order valence-electron chi connectivity index (χ2n) is 1.75. The van der Waals surface area contributed by atoms with Crippen LogP contribution in [-0.4, -0.2) is 11.3 Å². The Labute approximate surface area is 69.2 Å². The highest BCUT2D eigenvalue weighted by Crippen LogP contribution is 2.06. The fourth-order valence-corrected chi connectivity index (χ4v) is 0.736. The van der Waals surface area contributed by atoms with Gasteiger partial charge in [0.15, 0.2) is 6.29 Å². The maximum absolute atomic E-state index is 9.83. The third-order valence-corrected chi connectivity index (χ3v) is 1.22. The first-order valence-electron chi connectivity index (χ1n) is 2.89. The molecule has 0 spiro atoms. The highest BCUT2D eigenvalue weighted by atomic mass is 35.5. The van der Waals surface area contributed by atoms with Crippen molar-refractivity contribution in [2.75, 3.05) is 0 Å². The third-order valence-electron chi connectivity index (χ3n) is 0.981. The molecule has 0 atom stereocenters. The predicted octanol–water partition coefficient (Wildman–Crippen LogP) is 1.29. The van der Waals surface area contributed by atoms with Gasteiger partial charge in [0, 0.05) is 11.2 Å². The molecule has 1 heterocycles. The average molecular weight is 166 g/mol. The Kier molecular flexibility index (Phi) is 2.65. The molecule has 0 aliphatic heterocycles. The van der Waals surface area contributed by atoms with E-state index in [0.717, 1.165) is 0 Å². The van der Waals surface area contributed by atoms with Gasteiger partial charge in [0.1, 0.15) is 5.69 Å². The zero-order chi connectivity index (χ0) is 8.10. The van der Waals surface area contributed by atoms with Crippen LogP contribution in [0.25, 0.3) is 0 Å². The summed E-state index contributed by atoms with van der Waals surface area (Å²) in [6, 6.07) is 3.24. The van der Waals surface area contributed by atoms with Gasteiger partial charge in [-0.1, -0.05) is 11.6 Å². The van der Waals surface area contributed by atoms with E-state index in [4.69, 9.17) is 11.6 Å². The standard InChI is InChI=1S/C8H4ClNO/c9-7-3-4-10-8(6-7)2-1-5-11/h3-6H. The number of pyridine rings is 1. The Morgan fingerprint density at radius 3 is 3.09 bits per heavy atom. The van der Waals surface area contributed by atoms with E-state index in [1.165, 1.54) is 6.20 Å². The van der Waals surface area contributed by atoms with E-state index in [0.29, 0.717) is 17.0 Å². The quantitative estimate of drug-likeness (QED) is 0.428. The minimum atomic E-state index is 0.504. The Balaban J connectivity index is 2.96. The van der Waals surface area contributed by atoms with Crippen molar-refractivity contribution in [2.24, 2.45) is 0 Å². The van der Waals surface area contributed by atoms with Gasteiger partial charge in [-0.2, -0.15) is 0 Å². The largest absolute Gasteiger partial charge is 0.289 e. The maximum Gasteiger partial charge on any atom is 0.193 e. The zero-order valence-electron chi connectivity index (χ0n) is 5.54. The molecule has 1 rings (SSSR count). The molecule has 0 saturated heterocycles. The first kappa shape index (κ1) is 7.77. The molecular formula is C8H4ClNO. The van der Waals surface area contributed by atoms with E-state index in [9.17, 15) is 4.79 Å². The first-order chi connectivity index (χ1) is 5.33. The topological polar surface area (TPSA) is 30.0 Å². The van der Waals surface area contributed by atoms with Crippen molar-refractivity contribution in [2.45, 2.75) is 0 Å². The molecule has 0 bridgehead atoms. The molecule has 3 heteroatoms. The molecule has 1 aromatic heterocycles. The van der Waals surface area contributed by atoms with Gasteiger partial charge >= 0.3 is 0 Å². The lowest BCUT2D eigenvalue weighted by Gasteiger charge is -1.88. The molecule has 2 nitrogen and oxygen atoms in total. The molecule has 0 aliphatic carbocycles. The third kappa shape index (κ3) is 2.40. The molecule has 0 unspecified atom stereocenters. The van der Waals surface area contributed by atoms with Crippen LogP contribution in [0.3, 0.4) is 0 Å². The van der Waals surface area contributed by atoms with E-state index < -0.39 is 0 Å². The van der Waals surface area contributed by atoms with Gasteiger partial charge < -0.3 is 0 Å². The summed E-state index contributed by atoms with van der Waals surface area (Å²) < 4.78 is 0. The molecule has 11 heavy (non-hydrogen) atoms. The first-order valence-corrected chi connectivity index (χ1v) is 3.27. The Morgan fingerprint density at radius 1 is 1.64 bits per heavy atom. The highest BCUT2D eigenvalue weighted by Gasteiger charge is 1.88. The second-order valence-corrected chi connectivity index (χ2v) is 2.18. The fraction of sp³-hybridized carbons (Fsp3) is 0. The summed E-state index contributed by atoms with van der Waals surface area (Å²) in [7, 11) is 0. The lowest BCUT2D eigenvalue weighted by atomic mass is 10.3. The molecule has 0 N–H and O–H groups in total. The van der Waals surface area contributed by atoms with Gasteiger partial charge in [-0.25, -0.2) is 4.98 Å². The number of halogens is 1. The summed E-state index contributed by atoms with van der Waals surface area (Å²) in [4.78, 5) is 13.7. The van der Waals surface area contributed by atoms with Crippen LogP contribution in [0, 0.1) is 11.8 Å². The zero-order valence-corrected chi connectivity index (χ0v) is 6.30. The summed E-state index contributed by atoms with van der Waals surface area (Å²) in [6.07, 6.45) is 2.06. The van der Waals surface area contributed by atoms with Crippen LogP contribution in [0.4, 0.5) is 0 Å². The molecular weight excluding hydrogens is 162 g/mol. The minimum Gasteiger partial charge on any atom is -0.289 e. The van der Waals surface area contributed by atoms with E-state index in [1.54, 1.807) is 12.1 Å². The van der Waals surface area contributed by atoms with Crippen molar-refractivity contribution in [3.05, 3.63) is 29.0 Å². The van der Waals surface area contributed by atoms with E-state index in [-0.39, 0.29) is 0 Å². The molecule has 0 amide bonds. The monoisotopic (exact) mass is 165 g/mol. The lowest BCUT2D eigenvalue weighted by Crippen LogP contribution is -1.79. The molecule has 0 aliphatic rings. The van der Waals surface area contributed by atoms with Crippen LogP contribution in [0.15, 0.2) is 18.3 Å². The van der Waals surface area contributed by atoms with Gasteiger partial charge in [0.2, 0.25) is 0 Å². The van der Waals surface area contributed by atoms with Crippen LogP contribution >= 0.6 is 11.6 Å². The van der Waals surface area contributed by atoms with Crippen LogP contribution in [0.2, 0.25) is 5.02 Å². The number of rotatable bonds is 0. The molecule has 0 fully saturated rings. The molecule has 54 valence electrons. The number of carbonyl (C=O) groups is 1. The minimum absolute atomic E-state index is 0.504. The number of hydrogen-bond donors (Lipinski definition) is 0. The van der Waals surface area contributed by atoms with Crippen molar-refractivity contribution in [3.63, 3.8) is 0 Å². The number of aldehydes is 1. The van der Waals surface area contributed by atoms with Gasteiger partial charge in [0.25, 0.3) is 0 Å². The smallest absolute Gasteiger partial charge is 0.193 e. The van der Waals surface area contributed by atoms with Crippen molar-refractivity contribution in [3.8, 4) is 11.8 Å². The summed E-state index contributed by atoms with van der Waals surface area (Å²) in [6.45, 7) is 0. The lowest BCUT2D eigenvalue weighted by molar-refractivity contribution is -0.103. The van der Waals surface area contributed by atoms with E-state index in [2.05, 4.69) is 16.8 Å². The average Bonchev–Trinajstić information content (AvgIpc) is 2.01. The SMILES string of the molecule is O=CC#Cc1cc(Cl)ccn1. The molecule has 0 saturated carbocycles. The van der Waals surface area contributed by atoms with Crippen molar-refractivity contribution in [1.82, 2.24) is 4.98 Å². The van der Waals surface area contributed by atoms with Crippen molar-refractivity contribution < 1.29 is 4.79 Å². The summed E-state index contributed by atoms with van der Waals surface area (Å²) in [5.74, 6) is 4.76. The fourth-order valence-electron chi connectivity index (χ4n) is 0.577. The normalized spacial score (nSPS) is 8.09. The number of hydrogen-bond acceptors (Lipinski definition) is 2. The van der Waals surface area contributed by atoms with E-state index >= 15 is 0 Å². The Morgan fingerprint density at radius 2 is 2.45 bits per heavy atom. The summed E-state index contributed by atoms with van der Waals surface area (Å²) in [5.41, 5.74) is 0.504. The van der Waals surface area contributed by atoms with Crippen LogP contribution < -0.4 is 0 Å². The van der Waals surface area contributed by atoms with Crippen molar-refractivity contribution in [1.29, 1.82) is 0 Å². The van der Waals surface area contributed by atoms with Crippen LogP contribution in [0.1, 0.15) is 5.69 Å². The number of nitrogens with zero attached hydrogens (tertiary/aromatic N) is 1. The Hall–Kier alpha value is -1.33. The second kappa shape index (κ2) is 3.75. The summed E-state index contributed by atoms with van der Waals surface area (Å²) >= 11 is 5.63. The Bertz CT molecular complexity index is 324.